The van der Waals surface area contributed by atoms with E-state index in [0.29, 0.717) is 5.69 Å². The maximum absolute atomic E-state index is 12.0. The first kappa shape index (κ1) is 15.5. The van der Waals surface area contributed by atoms with Crippen LogP contribution in [0.3, 0.4) is 0 Å². The number of hydrogen-bond donors (Lipinski definition) is 1. The quantitative estimate of drug-likeness (QED) is 0.866. The highest BCUT2D eigenvalue weighted by atomic mass is 35.5. The van der Waals surface area contributed by atoms with E-state index in [1.807, 2.05) is 20.8 Å². The first-order chi connectivity index (χ1) is 9.82. The Kier molecular flexibility index (Phi) is 4.32. The maximum Gasteiger partial charge on any atom is 0.300 e. The van der Waals surface area contributed by atoms with Gasteiger partial charge in [0.1, 0.15) is 6.54 Å². The van der Waals surface area contributed by atoms with Crippen molar-refractivity contribution < 1.29 is 14.4 Å². The van der Waals surface area contributed by atoms with Gasteiger partial charge in [-0.25, -0.2) is 0 Å². The molecule has 0 bridgehead atoms. The SMILES string of the molecule is CC(C)C(C)NC(=O)CN1C(=O)C(=O)c2cccc(Cl)c21. The van der Waals surface area contributed by atoms with E-state index < -0.39 is 11.7 Å². The summed E-state index contributed by atoms with van der Waals surface area (Å²) >= 11 is 6.06. The third-order valence-electron chi connectivity index (χ3n) is 3.63. The van der Waals surface area contributed by atoms with E-state index in [1.165, 1.54) is 6.07 Å². The first-order valence-electron chi connectivity index (χ1n) is 6.77. The Hall–Kier alpha value is -1.88. The minimum Gasteiger partial charge on any atom is -0.352 e. The molecule has 0 aromatic heterocycles. The van der Waals surface area contributed by atoms with Crippen molar-refractivity contribution in [3.05, 3.63) is 28.8 Å². The van der Waals surface area contributed by atoms with Crippen LogP contribution in [0.1, 0.15) is 31.1 Å². The highest BCUT2D eigenvalue weighted by Gasteiger charge is 2.38. The van der Waals surface area contributed by atoms with Crippen molar-refractivity contribution in [2.45, 2.75) is 26.8 Å². The number of nitrogens with zero attached hydrogens (tertiary/aromatic N) is 1. The predicted octanol–water partition coefficient (Wildman–Crippen LogP) is 2.03. The number of rotatable bonds is 4. The van der Waals surface area contributed by atoms with Crippen molar-refractivity contribution in [1.29, 1.82) is 0 Å². The summed E-state index contributed by atoms with van der Waals surface area (Å²) in [7, 11) is 0. The van der Waals surface area contributed by atoms with Crippen LogP contribution < -0.4 is 10.2 Å². The van der Waals surface area contributed by atoms with Crippen molar-refractivity contribution in [1.82, 2.24) is 5.32 Å². The molecule has 6 heteroatoms. The van der Waals surface area contributed by atoms with E-state index in [0.717, 1.165) is 4.90 Å². The Bertz CT molecular complexity index is 613. The largest absolute Gasteiger partial charge is 0.352 e. The Balaban J connectivity index is 2.21. The summed E-state index contributed by atoms with van der Waals surface area (Å²) < 4.78 is 0. The summed E-state index contributed by atoms with van der Waals surface area (Å²) in [6.07, 6.45) is 0. The number of benzene rings is 1. The Morgan fingerprint density at radius 3 is 2.57 bits per heavy atom. The van der Waals surface area contributed by atoms with Crippen LogP contribution in [0.15, 0.2) is 18.2 Å². The summed E-state index contributed by atoms with van der Waals surface area (Å²) in [5.41, 5.74) is 0.568. The lowest BCUT2D eigenvalue weighted by Crippen LogP contribution is -2.44. The molecule has 0 radical (unpaired) electrons. The number of para-hydroxylation sites is 1. The molecule has 1 aliphatic heterocycles. The van der Waals surface area contributed by atoms with Crippen LogP contribution in [-0.2, 0) is 9.59 Å². The highest BCUT2D eigenvalue weighted by molar-refractivity contribution is 6.54. The fourth-order valence-corrected chi connectivity index (χ4v) is 2.35. The van der Waals surface area contributed by atoms with Gasteiger partial charge < -0.3 is 5.32 Å². The number of anilines is 1. The molecule has 112 valence electrons. The summed E-state index contributed by atoms with van der Waals surface area (Å²) in [6, 6.07) is 4.72. The average molecular weight is 309 g/mol. The molecule has 1 heterocycles. The second kappa shape index (κ2) is 5.85. The third-order valence-corrected chi connectivity index (χ3v) is 3.94. The van der Waals surface area contributed by atoms with Crippen LogP contribution in [0.5, 0.6) is 0 Å². The number of carbonyl (C=O) groups excluding carboxylic acids is 3. The topological polar surface area (TPSA) is 66.5 Å². The zero-order valence-electron chi connectivity index (χ0n) is 12.1. The van der Waals surface area contributed by atoms with Gasteiger partial charge in [0.15, 0.2) is 0 Å². The van der Waals surface area contributed by atoms with Gasteiger partial charge in [0, 0.05) is 6.04 Å². The molecular formula is C15H17ClN2O3. The molecule has 1 N–H and O–H groups in total. The normalized spacial score (nSPS) is 15.4. The number of carbonyl (C=O) groups is 3. The average Bonchev–Trinajstić information content (AvgIpc) is 2.65. The molecule has 1 aromatic carbocycles. The van der Waals surface area contributed by atoms with E-state index in [2.05, 4.69) is 5.32 Å². The van der Waals surface area contributed by atoms with Crippen LogP contribution in [0.2, 0.25) is 5.02 Å². The number of Topliss-reactive ketones (excluding diaryl/α,β-unsaturated/α-hetero) is 1. The van der Waals surface area contributed by atoms with Gasteiger partial charge in [0.25, 0.3) is 11.7 Å². The molecule has 1 aromatic rings. The summed E-state index contributed by atoms with van der Waals surface area (Å²) in [4.78, 5) is 37.1. The molecule has 5 nitrogen and oxygen atoms in total. The monoisotopic (exact) mass is 308 g/mol. The molecule has 1 unspecified atom stereocenters. The van der Waals surface area contributed by atoms with Gasteiger partial charge in [-0.05, 0) is 25.0 Å². The standard InChI is InChI=1S/C15H17ClN2O3/c1-8(2)9(3)17-12(19)7-18-13-10(14(20)15(18)21)5-4-6-11(13)16/h4-6,8-9H,7H2,1-3H3,(H,17,19). The molecule has 0 spiro atoms. The molecule has 1 atom stereocenters. The van der Waals surface area contributed by atoms with Crippen molar-refractivity contribution in [3.8, 4) is 0 Å². The first-order valence-corrected chi connectivity index (χ1v) is 7.14. The number of amides is 2. The molecular weight excluding hydrogens is 292 g/mol. The lowest BCUT2D eigenvalue weighted by atomic mass is 10.1. The predicted molar refractivity (Wildman–Crippen MR) is 80.6 cm³/mol. The highest BCUT2D eigenvalue weighted by Crippen LogP contribution is 2.35. The van der Waals surface area contributed by atoms with E-state index >= 15 is 0 Å². The van der Waals surface area contributed by atoms with Gasteiger partial charge in [-0.2, -0.15) is 0 Å². The molecule has 2 amide bonds. The Morgan fingerprint density at radius 2 is 1.95 bits per heavy atom. The van der Waals surface area contributed by atoms with Crippen LogP contribution in [0.25, 0.3) is 0 Å². The Labute approximate surface area is 128 Å². The fraction of sp³-hybridized carbons (Fsp3) is 0.400. The van der Waals surface area contributed by atoms with E-state index in [4.69, 9.17) is 11.6 Å². The van der Waals surface area contributed by atoms with E-state index in [1.54, 1.807) is 12.1 Å². The van der Waals surface area contributed by atoms with Gasteiger partial charge >= 0.3 is 0 Å². The number of ketones is 1. The minimum atomic E-state index is -0.717. The molecule has 2 rings (SSSR count). The minimum absolute atomic E-state index is 0.0170. The number of nitrogens with one attached hydrogen (secondary N) is 1. The summed E-state index contributed by atoms with van der Waals surface area (Å²) in [6.45, 7) is 5.65. The van der Waals surface area contributed by atoms with Crippen LogP contribution >= 0.6 is 11.6 Å². The summed E-state index contributed by atoms with van der Waals surface area (Å²) in [5.74, 6) is -1.38. The number of hydrogen-bond acceptors (Lipinski definition) is 3. The Morgan fingerprint density at radius 1 is 1.29 bits per heavy atom. The lowest BCUT2D eigenvalue weighted by molar-refractivity contribution is -0.122. The van der Waals surface area contributed by atoms with Gasteiger partial charge in [-0.3, -0.25) is 19.3 Å². The van der Waals surface area contributed by atoms with Crippen LogP contribution in [-0.4, -0.2) is 30.2 Å². The van der Waals surface area contributed by atoms with Gasteiger partial charge in [-0.1, -0.05) is 31.5 Å². The van der Waals surface area contributed by atoms with Crippen molar-refractivity contribution >= 4 is 34.9 Å². The van der Waals surface area contributed by atoms with Gasteiger partial charge in [-0.15, -0.1) is 0 Å². The second-order valence-electron chi connectivity index (χ2n) is 5.46. The second-order valence-corrected chi connectivity index (χ2v) is 5.86. The zero-order valence-corrected chi connectivity index (χ0v) is 12.9. The van der Waals surface area contributed by atoms with Crippen LogP contribution in [0.4, 0.5) is 5.69 Å². The van der Waals surface area contributed by atoms with Crippen molar-refractivity contribution in [3.63, 3.8) is 0 Å². The molecule has 1 aliphatic rings. The maximum atomic E-state index is 12.0. The van der Waals surface area contributed by atoms with Crippen molar-refractivity contribution in [2.75, 3.05) is 11.4 Å². The molecule has 0 aliphatic carbocycles. The lowest BCUT2D eigenvalue weighted by Gasteiger charge is -2.21. The molecule has 0 saturated carbocycles. The molecule has 0 fully saturated rings. The van der Waals surface area contributed by atoms with E-state index in [9.17, 15) is 14.4 Å². The zero-order chi connectivity index (χ0) is 15.7. The number of halogens is 1. The van der Waals surface area contributed by atoms with Gasteiger partial charge in [0.05, 0.1) is 16.3 Å². The smallest absolute Gasteiger partial charge is 0.300 e. The van der Waals surface area contributed by atoms with E-state index in [-0.39, 0.29) is 35.0 Å². The molecule has 21 heavy (non-hydrogen) atoms. The number of fused-ring (bicyclic) bond motifs is 1. The summed E-state index contributed by atoms with van der Waals surface area (Å²) in [5, 5.41) is 3.09. The fourth-order valence-electron chi connectivity index (χ4n) is 2.07. The van der Waals surface area contributed by atoms with Gasteiger partial charge in [0.2, 0.25) is 5.91 Å². The van der Waals surface area contributed by atoms with Crippen molar-refractivity contribution in [2.24, 2.45) is 5.92 Å². The third kappa shape index (κ3) is 2.93. The molecule has 0 saturated heterocycles. The van der Waals surface area contributed by atoms with Crippen LogP contribution in [0, 0.1) is 5.92 Å².